The molecule has 1 aromatic carbocycles. The van der Waals surface area contributed by atoms with Crippen LogP contribution in [0.1, 0.15) is 31.7 Å². The number of thioether (sulfide) groups is 1. The number of benzene rings is 1. The Labute approximate surface area is 123 Å². The first-order valence-corrected chi connectivity index (χ1v) is 7.62. The smallest absolute Gasteiger partial charge is 0.218 e. The predicted molar refractivity (Wildman–Crippen MR) is 82.2 cm³/mol. The van der Waals surface area contributed by atoms with Crippen molar-refractivity contribution in [2.75, 3.05) is 5.75 Å². The average molecular weight is 289 g/mol. The third kappa shape index (κ3) is 3.42. The Morgan fingerprint density at radius 3 is 2.85 bits per heavy atom. The van der Waals surface area contributed by atoms with E-state index in [1.807, 2.05) is 12.3 Å². The Morgan fingerprint density at radius 2 is 2.15 bits per heavy atom. The predicted octanol–water partition coefficient (Wildman–Crippen LogP) is 2.96. The molecule has 4 nitrogen and oxygen atoms in total. The molecule has 0 aliphatic rings. The Morgan fingerprint density at radius 1 is 1.40 bits per heavy atom. The summed E-state index contributed by atoms with van der Waals surface area (Å²) in [5, 5.41) is 0.888. The van der Waals surface area contributed by atoms with Gasteiger partial charge in [-0.05, 0) is 17.5 Å². The van der Waals surface area contributed by atoms with Gasteiger partial charge in [0.2, 0.25) is 5.91 Å². The number of hydrogen-bond acceptors (Lipinski definition) is 3. The molecule has 0 saturated heterocycles. The van der Waals surface area contributed by atoms with Crippen LogP contribution in [0.4, 0.5) is 0 Å². The van der Waals surface area contributed by atoms with Crippen molar-refractivity contribution in [2.24, 2.45) is 5.73 Å². The van der Waals surface area contributed by atoms with E-state index in [9.17, 15) is 4.79 Å². The fraction of sp³-hybridized carbons (Fsp3) is 0.333. The Balaban J connectivity index is 2.26. The molecule has 0 aliphatic carbocycles. The van der Waals surface area contributed by atoms with Gasteiger partial charge >= 0.3 is 0 Å². The van der Waals surface area contributed by atoms with Crippen LogP contribution in [0.25, 0.3) is 5.69 Å². The lowest BCUT2D eigenvalue weighted by atomic mass is 10.0. The number of para-hydroxylation sites is 1. The molecule has 1 heterocycles. The zero-order valence-corrected chi connectivity index (χ0v) is 12.6. The highest BCUT2D eigenvalue weighted by atomic mass is 32.2. The molecule has 2 N–H and O–H groups in total. The van der Waals surface area contributed by atoms with Crippen molar-refractivity contribution in [3.05, 3.63) is 42.2 Å². The zero-order valence-electron chi connectivity index (χ0n) is 11.7. The number of primary amides is 1. The van der Waals surface area contributed by atoms with Gasteiger partial charge in [-0.15, -0.1) is 0 Å². The number of imidazole rings is 1. The lowest BCUT2D eigenvalue weighted by Crippen LogP contribution is -2.11. The highest BCUT2D eigenvalue weighted by Crippen LogP contribution is 2.27. The van der Waals surface area contributed by atoms with E-state index < -0.39 is 0 Å². The van der Waals surface area contributed by atoms with E-state index >= 15 is 0 Å². The summed E-state index contributed by atoms with van der Waals surface area (Å²) in [4.78, 5) is 15.2. The first-order valence-electron chi connectivity index (χ1n) is 6.63. The van der Waals surface area contributed by atoms with Crippen LogP contribution in [0, 0.1) is 0 Å². The van der Waals surface area contributed by atoms with Crippen LogP contribution in [-0.2, 0) is 4.79 Å². The van der Waals surface area contributed by atoms with Crippen molar-refractivity contribution in [1.29, 1.82) is 0 Å². The van der Waals surface area contributed by atoms with Crippen molar-refractivity contribution in [3.63, 3.8) is 0 Å². The number of nitrogens with zero attached hydrogens (tertiary/aromatic N) is 2. The Hall–Kier alpha value is -1.75. The molecule has 1 amide bonds. The topological polar surface area (TPSA) is 60.9 Å². The molecule has 0 spiro atoms. The van der Waals surface area contributed by atoms with Crippen LogP contribution < -0.4 is 5.73 Å². The number of aromatic nitrogens is 2. The van der Waals surface area contributed by atoms with Crippen LogP contribution in [-0.4, -0.2) is 21.2 Å². The number of hydrogen-bond donors (Lipinski definition) is 1. The summed E-state index contributed by atoms with van der Waals surface area (Å²) >= 11 is 1.55. The van der Waals surface area contributed by atoms with Gasteiger partial charge in [-0.3, -0.25) is 9.36 Å². The molecule has 0 saturated carbocycles. The summed E-state index contributed by atoms with van der Waals surface area (Å²) in [7, 11) is 0. The van der Waals surface area contributed by atoms with Crippen molar-refractivity contribution in [2.45, 2.75) is 31.3 Å². The molecule has 2 rings (SSSR count). The summed E-state index contributed by atoms with van der Waals surface area (Å²) in [5.41, 5.74) is 7.59. The maximum Gasteiger partial charge on any atom is 0.218 e. The minimum absolute atomic E-state index is 0.279. The van der Waals surface area contributed by atoms with E-state index in [0.717, 1.165) is 10.8 Å². The first kappa shape index (κ1) is 14.7. The number of carbonyl (C=O) groups is 1. The SMILES string of the molecule is CC(C)c1ccccc1-n1ccnc1SCCC(N)=O. The van der Waals surface area contributed by atoms with Gasteiger partial charge in [0.15, 0.2) is 5.16 Å². The van der Waals surface area contributed by atoms with E-state index in [-0.39, 0.29) is 5.91 Å². The number of nitrogens with two attached hydrogens (primary N) is 1. The normalized spacial score (nSPS) is 10.9. The van der Waals surface area contributed by atoms with E-state index in [2.05, 4.69) is 41.6 Å². The van der Waals surface area contributed by atoms with E-state index in [1.54, 1.807) is 18.0 Å². The van der Waals surface area contributed by atoms with Gasteiger partial charge in [0.25, 0.3) is 0 Å². The zero-order chi connectivity index (χ0) is 14.5. The number of rotatable bonds is 6. The lowest BCUT2D eigenvalue weighted by Gasteiger charge is -2.15. The molecule has 0 bridgehead atoms. The average Bonchev–Trinajstić information content (AvgIpc) is 2.86. The van der Waals surface area contributed by atoms with Crippen LogP contribution in [0.2, 0.25) is 0 Å². The molecule has 0 radical (unpaired) electrons. The van der Waals surface area contributed by atoms with E-state index in [4.69, 9.17) is 5.73 Å². The van der Waals surface area contributed by atoms with Crippen LogP contribution in [0.3, 0.4) is 0 Å². The Bertz CT molecular complexity index is 592. The molecule has 0 unspecified atom stereocenters. The molecule has 0 fully saturated rings. The van der Waals surface area contributed by atoms with Crippen molar-refractivity contribution >= 4 is 17.7 Å². The maximum absolute atomic E-state index is 10.8. The molecule has 5 heteroatoms. The first-order chi connectivity index (χ1) is 9.59. The van der Waals surface area contributed by atoms with E-state index in [0.29, 0.717) is 18.1 Å². The summed E-state index contributed by atoms with van der Waals surface area (Å²) in [5.74, 6) is 0.811. The van der Waals surface area contributed by atoms with Gasteiger partial charge in [0.05, 0.1) is 5.69 Å². The fourth-order valence-corrected chi connectivity index (χ4v) is 2.94. The third-order valence-electron chi connectivity index (χ3n) is 3.00. The van der Waals surface area contributed by atoms with Gasteiger partial charge in [-0.2, -0.15) is 0 Å². The molecular formula is C15H19N3OS. The van der Waals surface area contributed by atoms with E-state index in [1.165, 1.54) is 5.56 Å². The summed E-state index contributed by atoms with van der Waals surface area (Å²) in [6.07, 6.45) is 4.10. The molecule has 2 aromatic rings. The number of carbonyl (C=O) groups excluding carboxylic acids is 1. The maximum atomic E-state index is 10.8. The summed E-state index contributed by atoms with van der Waals surface area (Å²) < 4.78 is 2.07. The second-order valence-corrected chi connectivity index (χ2v) is 5.92. The quantitative estimate of drug-likeness (QED) is 0.832. The Kier molecular flexibility index (Phi) is 4.84. The van der Waals surface area contributed by atoms with Gasteiger partial charge in [-0.25, -0.2) is 4.98 Å². The third-order valence-corrected chi connectivity index (χ3v) is 3.97. The minimum atomic E-state index is -0.279. The van der Waals surface area contributed by atoms with Gasteiger partial charge < -0.3 is 5.73 Å². The largest absolute Gasteiger partial charge is 0.370 e. The van der Waals surface area contributed by atoms with Crippen LogP contribution in [0.15, 0.2) is 41.8 Å². The van der Waals surface area contributed by atoms with Crippen molar-refractivity contribution in [3.8, 4) is 5.69 Å². The van der Waals surface area contributed by atoms with Gasteiger partial charge in [0, 0.05) is 24.6 Å². The standard InChI is InChI=1S/C15H19N3OS/c1-11(2)12-5-3-4-6-13(12)18-9-8-17-15(18)20-10-7-14(16)19/h3-6,8-9,11H,7,10H2,1-2H3,(H2,16,19). The lowest BCUT2D eigenvalue weighted by molar-refractivity contribution is -0.117. The summed E-state index contributed by atoms with van der Waals surface area (Å²) in [6.45, 7) is 4.35. The van der Waals surface area contributed by atoms with Crippen molar-refractivity contribution < 1.29 is 4.79 Å². The molecule has 1 aromatic heterocycles. The van der Waals surface area contributed by atoms with Crippen molar-refractivity contribution in [1.82, 2.24) is 9.55 Å². The molecular weight excluding hydrogens is 270 g/mol. The minimum Gasteiger partial charge on any atom is -0.370 e. The van der Waals surface area contributed by atoms with Gasteiger partial charge in [-0.1, -0.05) is 43.8 Å². The van der Waals surface area contributed by atoms with Crippen LogP contribution >= 0.6 is 11.8 Å². The van der Waals surface area contributed by atoms with Gasteiger partial charge in [0.1, 0.15) is 0 Å². The number of amides is 1. The molecule has 20 heavy (non-hydrogen) atoms. The second kappa shape index (κ2) is 6.61. The fourth-order valence-electron chi connectivity index (χ4n) is 2.02. The highest BCUT2D eigenvalue weighted by molar-refractivity contribution is 7.99. The highest BCUT2D eigenvalue weighted by Gasteiger charge is 2.11. The monoisotopic (exact) mass is 289 g/mol. The second-order valence-electron chi connectivity index (χ2n) is 4.86. The molecule has 106 valence electrons. The molecule has 0 aliphatic heterocycles. The molecule has 0 atom stereocenters. The summed E-state index contributed by atoms with van der Waals surface area (Å²) in [6, 6.07) is 8.31. The van der Waals surface area contributed by atoms with Crippen LogP contribution in [0.5, 0.6) is 0 Å².